The van der Waals surface area contributed by atoms with Gasteiger partial charge in [-0.1, -0.05) is 12.1 Å². The van der Waals surface area contributed by atoms with Gasteiger partial charge in [-0.2, -0.15) is 0 Å². The summed E-state index contributed by atoms with van der Waals surface area (Å²) in [5.74, 6) is -0.975. The van der Waals surface area contributed by atoms with Crippen LogP contribution in [0.4, 0.5) is 26.2 Å². The highest BCUT2D eigenvalue weighted by Crippen LogP contribution is 2.39. The predicted octanol–water partition coefficient (Wildman–Crippen LogP) is 5.32. The number of fused-ring (bicyclic) bond motifs is 2. The van der Waals surface area contributed by atoms with Crippen LogP contribution in [0.1, 0.15) is 31.7 Å². The molecule has 1 aliphatic heterocycles. The lowest BCUT2D eigenvalue weighted by molar-refractivity contribution is 0.0828. The second-order valence-corrected chi connectivity index (χ2v) is 11.6. The molecule has 0 amide bonds. The molecule has 9 nitrogen and oxygen atoms in total. The molecule has 7 rings (SSSR count). The van der Waals surface area contributed by atoms with Gasteiger partial charge in [-0.3, -0.25) is 4.90 Å². The summed E-state index contributed by atoms with van der Waals surface area (Å²) in [6, 6.07) is 11.6. The number of nitrogen functional groups attached to an aromatic ring is 1. The quantitative estimate of drug-likeness (QED) is 0.295. The standard InChI is InChI=1S/C31H35F2N9/c1-39-13-15-41(16-14-39)21-7-9-22(10-8-21)42-17-23(26-29(34)35-18-36-30(26)42)19-3-5-20(6-4-19)37-31-38-28-25(40(31)2)12-11-24(32)27(28)33/h3-6,11-12,17-18,21-22H,7-10,13-16H2,1-2H3,(H,37,38)(H2,34,35,36). The molecular formula is C31H35F2N9. The first-order chi connectivity index (χ1) is 20.4. The molecule has 3 aromatic heterocycles. The van der Waals surface area contributed by atoms with E-state index in [9.17, 15) is 8.78 Å². The summed E-state index contributed by atoms with van der Waals surface area (Å²) in [5.41, 5.74) is 10.6. The third-order valence-electron chi connectivity index (χ3n) is 9.15. The second kappa shape index (κ2) is 10.6. The fraction of sp³-hybridized carbons (Fsp3) is 0.387. The van der Waals surface area contributed by atoms with Crippen molar-refractivity contribution in [2.45, 2.75) is 37.8 Å². The Bertz CT molecular complexity index is 1740. The summed E-state index contributed by atoms with van der Waals surface area (Å²) in [6.07, 6.45) is 8.31. The van der Waals surface area contributed by atoms with Gasteiger partial charge in [0.05, 0.1) is 10.9 Å². The maximum atomic E-state index is 14.3. The van der Waals surface area contributed by atoms with Gasteiger partial charge in [0.15, 0.2) is 11.6 Å². The molecule has 42 heavy (non-hydrogen) atoms. The van der Waals surface area contributed by atoms with Gasteiger partial charge in [-0.25, -0.2) is 23.7 Å². The smallest absolute Gasteiger partial charge is 0.208 e. The average Bonchev–Trinajstić information content (AvgIpc) is 3.55. The first-order valence-corrected chi connectivity index (χ1v) is 14.6. The Hall–Kier alpha value is -4.09. The third kappa shape index (κ3) is 4.66. The van der Waals surface area contributed by atoms with Crippen LogP contribution in [0.15, 0.2) is 48.9 Å². The summed E-state index contributed by atoms with van der Waals surface area (Å²) in [4.78, 5) is 18.4. The Morgan fingerprint density at radius 2 is 1.60 bits per heavy atom. The number of aryl methyl sites for hydroxylation is 1. The molecule has 0 atom stereocenters. The van der Waals surface area contributed by atoms with E-state index < -0.39 is 11.6 Å². The van der Waals surface area contributed by atoms with E-state index in [0.717, 1.165) is 72.9 Å². The average molecular weight is 572 g/mol. The molecule has 1 aliphatic carbocycles. The van der Waals surface area contributed by atoms with E-state index in [1.54, 1.807) is 17.9 Å². The van der Waals surface area contributed by atoms with Crippen molar-refractivity contribution in [3.63, 3.8) is 0 Å². The molecule has 4 heterocycles. The summed E-state index contributed by atoms with van der Waals surface area (Å²) in [7, 11) is 3.97. The van der Waals surface area contributed by atoms with E-state index in [2.05, 4.69) is 47.9 Å². The molecule has 1 saturated heterocycles. The molecule has 2 aliphatic rings. The summed E-state index contributed by atoms with van der Waals surface area (Å²) >= 11 is 0. The number of aromatic nitrogens is 5. The zero-order chi connectivity index (χ0) is 29.0. The topological polar surface area (TPSA) is 93.1 Å². The van der Waals surface area contributed by atoms with E-state index >= 15 is 0 Å². The van der Waals surface area contributed by atoms with Crippen LogP contribution in [0.2, 0.25) is 0 Å². The number of halogens is 2. The predicted molar refractivity (Wildman–Crippen MR) is 162 cm³/mol. The Balaban J connectivity index is 1.13. The maximum Gasteiger partial charge on any atom is 0.208 e. The van der Waals surface area contributed by atoms with Crippen LogP contribution >= 0.6 is 0 Å². The fourth-order valence-corrected chi connectivity index (χ4v) is 6.67. The van der Waals surface area contributed by atoms with Crippen LogP contribution in [-0.4, -0.2) is 73.2 Å². The summed E-state index contributed by atoms with van der Waals surface area (Å²) in [5, 5.41) is 4.10. The van der Waals surface area contributed by atoms with Crippen LogP contribution in [-0.2, 0) is 7.05 Å². The number of hydrogen-bond acceptors (Lipinski definition) is 7. The van der Waals surface area contributed by atoms with Gasteiger partial charge in [0, 0.05) is 62.8 Å². The maximum absolute atomic E-state index is 14.3. The number of anilines is 3. The lowest BCUT2D eigenvalue weighted by Gasteiger charge is -2.41. The van der Waals surface area contributed by atoms with Gasteiger partial charge in [0.2, 0.25) is 5.95 Å². The van der Waals surface area contributed by atoms with Crippen molar-refractivity contribution in [2.24, 2.45) is 7.05 Å². The molecule has 5 aromatic rings. The van der Waals surface area contributed by atoms with Gasteiger partial charge < -0.3 is 25.1 Å². The first kappa shape index (κ1) is 26.8. The normalized spacial score (nSPS) is 20.5. The number of imidazole rings is 1. The minimum atomic E-state index is -0.949. The molecule has 11 heteroatoms. The van der Waals surface area contributed by atoms with Gasteiger partial charge in [0.1, 0.15) is 23.3 Å². The Kier molecular flexibility index (Phi) is 6.78. The van der Waals surface area contributed by atoms with Gasteiger partial charge in [0.25, 0.3) is 0 Å². The lowest BCUT2D eigenvalue weighted by Crippen LogP contribution is -2.49. The number of piperazine rings is 1. The number of benzene rings is 2. The minimum Gasteiger partial charge on any atom is -0.383 e. The number of nitrogens with one attached hydrogen (secondary N) is 1. The van der Waals surface area contributed by atoms with E-state index in [-0.39, 0.29) is 5.52 Å². The molecule has 218 valence electrons. The minimum absolute atomic E-state index is 0.00234. The molecule has 3 N–H and O–H groups in total. The number of hydrogen-bond donors (Lipinski definition) is 2. The second-order valence-electron chi connectivity index (χ2n) is 11.6. The number of nitrogens with zero attached hydrogens (tertiary/aromatic N) is 7. The van der Waals surface area contributed by atoms with Crippen molar-refractivity contribution in [2.75, 3.05) is 44.3 Å². The largest absolute Gasteiger partial charge is 0.383 e. The van der Waals surface area contributed by atoms with E-state index in [1.807, 2.05) is 24.3 Å². The monoisotopic (exact) mass is 571 g/mol. The molecule has 2 aromatic carbocycles. The molecule has 2 fully saturated rings. The van der Waals surface area contributed by atoms with Crippen LogP contribution in [0.5, 0.6) is 0 Å². The van der Waals surface area contributed by atoms with Crippen molar-refractivity contribution in [1.82, 2.24) is 33.9 Å². The van der Waals surface area contributed by atoms with E-state index in [1.165, 1.54) is 18.9 Å². The van der Waals surface area contributed by atoms with Crippen molar-refractivity contribution in [3.05, 3.63) is 60.6 Å². The first-order valence-electron chi connectivity index (χ1n) is 14.6. The summed E-state index contributed by atoms with van der Waals surface area (Å²) in [6.45, 7) is 4.60. The summed E-state index contributed by atoms with van der Waals surface area (Å²) < 4.78 is 32.0. The van der Waals surface area contributed by atoms with Crippen molar-refractivity contribution in [3.8, 4) is 11.1 Å². The van der Waals surface area contributed by atoms with E-state index in [4.69, 9.17) is 5.73 Å². The highest BCUT2D eigenvalue weighted by atomic mass is 19.2. The zero-order valence-electron chi connectivity index (χ0n) is 23.9. The Morgan fingerprint density at radius 3 is 2.33 bits per heavy atom. The third-order valence-corrected chi connectivity index (χ3v) is 9.15. The van der Waals surface area contributed by atoms with Crippen LogP contribution in [0, 0.1) is 11.6 Å². The van der Waals surface area contributed by atoms with Gasteiger partial charge >= 0.3 is 0 Å². The van der Waals surface area contributed by atoms with Crippen LogP contribution in [0.25, 0.3) is 33.2 Å². The molecule has 0 unspecified atom stereocenters. The molecular weight excluding hydrogens is 536 g/mol. The SMILES string of the molecule is CN1CCN(C2CCC(n3cc(-c4ccc(Nc5nc6c(F)c(F)ccc6n5C)cc4)c4c(N)ncnc43)CC2)CC1. The van der Waals surface area contributed by atoms with Crippen molar-refractivity contribution < 1.29 is 8.78 Å². The lowest BCUT2D eigenvalue weighted by atomic mass is 9.89. The molecule has 0 spiro atoms. The number of nitrogens with two attached hydrogens (primary N) is 1. The zero-order valence-corrected chi connectivity index (χ0v) is 23.9. The van der Waals surface area contributed by atoms with Crippen molar-refractivity contribution in [1.29, 1.82) is 0 Å². The van der Waals surface area contributed by atoms with Crippen LogP contribution < -0.4 is 11.1 Å². The number of likely N-dealkylation sites (N-methyl/N-ethyl adjacent to an activating group) is 1. The van der Waals surface area contributed by atoms with Crippen molar-refractivity contribution >= 4 is 39.5 Å². The molecule has 0 radical (unpaired) electrons. The molecule has 0 bridgehead atoms. The Morgan fingerprint density at radius 1 is 0.881 bits per heavy atom. The van der Waals surface area contributed by atoms with Crippen LogP contribution in [0.3, 0.4) is 0 Å². The highest BCUT2D eigenvalue weighted by Gasteiger charge is 2.30. The number of rotatable bonds is 5. The van der Waals surface area contributed by atoms with E-state index in [0.29, 0.717) is 29.4 Å². The van der Waals surface area contributed by atoms with Gasteiger partial charge in [-0.15, -0.1) is 0 Å². The fourth-order valence-electron chi connectivity index (χ4n) is 6.67. The van der Waals surface area contributed by atoms with Gasteiger partial charge in [-0.05, 0) is 62.6 Å². The molecule has 1 saturated carbocycles. The highest BCUT2D eigenvalue weighted by molar-refractivity contribution is 6.00. The Labute approximate surface area is 243 Å².